The Morgan fingerprint density at radius 3 is 2.52 bits per heavy atom. The maximum Gasteiger partial charge on any atom is 0.191 e. The van der Waals surface area contributed by atoms with Gasteiger partial charge in [0.2, 0.25) is 0 Å². The molecule has 2 aliphatic heterocycles. The van der Waals surface area contributed by atoms with E-state index in [0.29, 0.717) is 6.10 Å². The molecular weight excluding hydrogens is 529 g/mol. The van der Waals surface area contributed by atoms with Crippen molar-refractivity contribution in [2.45, 2.75) is 45.3 Å². The maximum absolute atomic E-state index is 6.14. The SMILES string of the molecule is CCNC(=NCCCOC1CCN(Cc2ccccc2)CC1)NCCCN1CCOCC1.I. The van der Waals surface area contributed by atoms with Crippen LogP contribution in [0.25, 0.3) is 0 Å². The summed E-state index contributed by atoms with van der Waals surface area (Å²) in [5.41, 5.74) is 1.40. The highest BCUT2D eigenvalue weighted by Gasteiger charge is 2.19. The lowest BCUT2D eigenvalue weighted by Crippen LogP contribution is -2.40. The van der Waals surface area contributed by atoms with Gasteiger partial charge >= 0.3 is 0 Å². The molecule has 7 nitrogen and oxygen atoms in total. The summed E-state index contributed by atoms with van der Waals surface area (Å²) in [4.78, 5) is 9.72. The Labute approximate surface area is 217 Å². The van der Waals surface area contributed by atoms with Crippen LogP contribution in [-0.4, -0.2) is 94.0 Å². The van der Waals surface area contributed by atoms with Crippen LogP contribution in [0.15, 0.2) is 35.3 Å². The number of morpholine rings is 1. The summed E-state index contributed by atoms with van der Waals surface area (Å²) < 4.78 is 11.5. The highest BCUT2D eigenvalue weighted by atomic mass is 127. The van der Waals surface area contributed by atoms with Gasteiger partial charge in [-0.1, -0.05) is 30.3 Å². The van der Waals surface area contributed by atoms with Gasteiger partial charge in [-0.15, -0.1) is 24.0 Å². The van der Waals surface area contributed by atoms with E-state index in [-0.39, 0.29) is 24.0 Å². The van der Waals surface area contributed by atoms with Gasteiger partial charge in [-0.3, -0.25) is 14.8 Å². The van der Waals surface area contributed by atoms with Gasteiger partial charge in [0.1, 0.15) is 0 Å². The minimum atomic E-state index is 0. The number of likely N-dealkylation sites (tertiary alicyclic amines) is 1. The number of hydrogen-bond donors (Lipinski definition) is 2. The normalized spacial score (nSPS) is 18.6. The fourth-order valence-corrected chi connectivity index (χ4v) is 4.26. The average Bonchev–Trinajstić information content (AvgIpc) is 2.84. The molecule has 0 aromatic heterocycles. The van der Waals surface area contributed by atoms with Crippen molar-refractivity contribution in [3.05, 3.63) is 35.9 Å². The van der Waals surface area contributed by atoms with Crippen molar-refractivity contribution in [2.24, 2.45) is 4.99 Å². The molecular formula is C25H44IN5O2. The Hall–Kier alpha value is -0.940. The van der Waals surface area contributed by atoms with Gasteiger partial charge in [0.15, 0.2) is 5.96 Å². The maximum atomic E-state index is 6.14. The highest BCUT2D eigenvalue weighted by Crippen LogP contribution is 2.16. The zero-order valence-corrected chi connectivity index (χ0v) is 22.7. The summed E-state index contributed by atoms with van der Waals surface area (Å²) in [5, 5.41) is 6.80. The summed E-state index contributed by atoms with van der Waals surface area (Å²) in [7, 11) is 0. The van der Waals surface area contributed by atoms with E-state index in [4.69, 9.17) is 14.5 Å². The molecule has 188 valence electrons. The van der Waals surface area contributed by atoms with Crippen LogP contribution < -0.4 is 10.6 Å². The fourth-order valence-electron chi connectivity index (χ4n) is 4.26. The van der Waals surface area contributed by atoms with E-state index in [1.54, 1.807) is 0 Å². The second kappa shape index (κ2) is 17.5. The quantitative estimate of drug-likeness (QED) is 0.174. The molecule has 0 bridgehead atoms. The fraction of sp³-hybridized carbons (Fsp3) is 0.720. The molecule has 2 aliphatic rings. The summed E-state index contributed by atoms with van der Waals surface area (Å²) >= 11 is 0. The molecule has 33 heavy (non-hydrogen) atoms. The van der Waals surface area contributed by atoms with Crippen LogP contribution in [0.3, 0.4) is 0 Å². The van der Waals surface area contributed by atoms with Crippen molar-refractivity contribution in [2.75, 3.05) is 72.2 Å². The minimum absolute atomic E-state index is 0. The van der Waals surface area contributed by atoms with Crippen molar-refractivity contribution >= 4 is 29.9 Å². The number of halogens is 1. The van der Waals surface area contributed by atoms with Crippen LogP contribution in [0, 0.1) is 0 Å². The van der Waals surface area contributed by atoms with Gasteiger partial charge in [0.25, 0.3) is 0 Å². The number of benzene rings is 1. The second-order valence-electron chi connectivity index (χ2n) is 8.68. The van der Waals surface area contributed by atoms with Crippen LogP contribution in [0.2, 0.25) is 0 Å². The lowest BCUT2D eigenvalue weighted by Gasteiger charge is -2.31. The number of hydrogen-bond acceptors (Lipinski definition) is 5. The molecule has 2 fully saturated rings. The molecule has 2 saturated heterocycles. The molecule has 1 aromatic rings. The first-order valence-electron chi connectivity index (χ1n) is 12.5. The van der Waals surface area contributed by atoms with Crippen LogP contribution in [0.5, 0.6) is 0 Å². The molecule has 0 unspecified atom stereocenters. The van der Waals surface area contributed by atoms with Crippen molar-refractivity contribution in [1.29, 1.82) is 0 Å². The Bertz CT molecular complexity index is 635. The number of guanidine groups is 1. The third-order valence-electron chi connectivity index (χ3n) is 6.10. The first-order chi connectivity index (χ1) is 15.8. The molecule has 0 spiro atoms. The third-order valence-corrected chi connectivity index (χ3v) is 6.10. The van der Waals surface area contributed by atoms with Crippen molar-refractivity contribution in [3.63, 3.8) is 0 Å². The van der Waals surface area contributed by atoms with Crippen molar-refractivity contribution in [1.82, 2.24) is 20.4 Å². The molecule has 1 aromatic carbocycles. The minimum Gasteiger partial charge on any atom is -0.379 e. The third kappa shape index (κ3) is 11.8. The second-order valence-corrected chi connectivity index (χ2v) is 8.68. The number of nitrogens with one attached hydrogen (secondary N) is 2. The monoisotopic (exact) mass is 573 g/mol. The Morgan fingerprint density at radius 1 is 1.03 bits per heavy atom. The molecule has 0 atom stereocenters. The number of rotatable bonds is 12. The highest BCUT2D eigenvalue weighted by molar-refractivity contribution is 14.0. The molecule has 0 amide bonds. The van der Waals surface area contributed by atoms with E-state index in [1.165, 1.54) is 5.56 Å². The molecule has 8 heteroatoms. The molecule has 0 saturated carbocycles. The predicted octanol–water partition coefficient (Wildman–Crippen LogP) is 2.95. The van der Waals surface area contributed by atoms with Gasteiger partial charge < -0.3 is 20.1 Å². The molecule has 0 aliphatic carbocycles. The van der Waals surface area contributed by atoms with E-state index in [1.807, 2.05) is 0 Å². The molecule has 2 heterocycles. The van der Waals surface area contributed by atoms with Crippen LogP contribution in [-0.2, 0) is 16.0 Å². The predicted molar refractivity (Wildman–Crippen MR) is 147 cm³/mol. The van der Waals surface area contributed by atoms with E-state index in [0.717, 1.165) is 110 Å². The molecule has 3 rings (SSSR count). The van der Waals surface area contributed by atoms with E-state index < -0.39 is 0 Å². The average molecular weight is 574 g/mol. The number of ether oxygens (including phenoxy) is 2. The summed E-state index contributed by atoms with van der Waals surface area (Å²) in [5.74, 6) is 0.920. The van der Waals surface area contributed by atoms with Gasteiger partial charge in [0.05, 0.1) is 19.3 Å². The Balaban J connectivity index is 0.00000385. The number of aliphatic imine (C=N–C) groups is 1. The summed E-state index contributed by atoms with van der Waals surface area (Å²) in [6, 6.07) is 10.7. The summed E-state index contributed by atoms with van der Waals surface area (Å²) in [6.45, 7) is 13.8. The standard InChI is InChI=1S/C25H43N5O2.HI/c1-2-26-25(27-12-6-14-29-17-20-31-21-18-29)28-13-7-19-32-24-10-15-30(16-11-24)22-23-8-4-3-5-9-23;/h3-5,8-9,24H,2,6-7,10-22H2,1H3,(H2,26,27,28);1H. The zero-order valence-electron chi connectivity index (χ0n) is 20.3. The van der Waals surface area contributed by atoms with Crippen molar-refractivity contribution in [3.8, 4) is 0 Å². The van der Waals surface area contributed by atoms with E-state index in [2.05, 4.69) is 57.7 Å². The first-order valence-corrected chi connectivity index (χ1v) is 12.5. The molecule has 2 N–H and O–H groups in total. The van der Waals surface area contributed by atoms with Crippen LogP contribution in [0.1, 0.15) is 38.2 Å². The summed E-state index contributed by atoms with van der Waals surface area (Å²) in [6.07, 6.45) is 4.75. The molecule has 0 radical (unpaired) electrons. The van der Waals surface area contributed by atoms with Crippen LogP contribution in [0.4, 0.5) is 0 Å². The largest absolute Gasteiger partial charge is 0.379 e. The van der Waals surface area contributed by atoms with Gasteiger partial charge in [-0.05, 0) is 44.7 Å². The smallest absolute Gasteiger partial charge is 0.191 e. The van der Waals surface area contributed by atoms with Gasteiger partial charge in [0, 0.05) is 59.0 Å². The van der Waals surface area contributed by atoms with Crippen LogP contribution >= 0.6 is 24.0 Å². The lowest BCUT2D eigenvalue weighted by atomic mass is 10.1. The zero-order chi connectivity index (χ0) is 22.3. The Kier molecular flexibility index (Phi) is 15.0. The first kappa shape index (κ1) is 28.3. The number of nitrogens with zero attached hydrogens (tertiary/aromatic N) is 3. The van der Waals surface area contributed by atoms with E-state index >= 15 is 0 Å². The topological polar surface area (TPSA) is 61.4 Å². The van der Waals surface area contributed by atoms with E-state index in [9.17, 15) is 0 Å². The lowest BCUT2D eigenvalue weighted by molar-refractivity contribution is 0.00566. The number of piperidine rings is 1. The van der Waals surface area contributed by atoms with Crippen molar-refractivity contribution < 1.29 is 9.47 Å². The van der Waals surface area contributed by atoms with Gasteiger partial charge in [-0.2, -0.15) is 0 Å². The Morgan fingerprint density at radius 2 is 1.79 bits per heavy atom. The van der Waals surface area contributed by atoms with Gasteiger partial charge in [-0.25, -0.2) is 0 Å².